The first-order chi connectivity index (χ1) is 11.1. The highest BCUT2D eigenvalue weighted by Gasteiger charge is 2.30. The molecule has 1 unspecified atom stereocenters. The number of hydrogen-bond acceptors (Lipinski definition) is 3. The molecule has 2 fully saturated rings. The molecule has 1 amide bonds. The normalized spacial score (nSPS) is 24.1. The van der Waals surface area contributed by atoms with Crippen molar-refractivity contribution in [1.29, 1.82) is 0 Å². The molecule has 0 aromatic carbocycles. The molecule has 1 atom stereocenters. The third-order valence-corrected chi connectivity index (χ3v) is 5.77. The zero-order valence-corrected chi connectivity index (χ0v) is 15.6. The van der Waals surface area contributed by atoms with Crippen LogP contribution in [0.4, 0.5) is 0 Å². The fourth-order valence-corrected chi connectivity index (χ4v) is 4.20. The van der Waals surface area contributed by atoms with Crippen LogP contribution in [0.5, 0.6) is 0 Å². The molecular weight excluding hydrogens is 286 g/mol. The topological polar surface area (TPSA) is 26.8 Å². The van der Waals surface area contributed by atoms with Crippen molar-refractivity contribution >= 4 is 5.91 Å². The van der Waals surface area contributed by atoms with E-state index in [4.69, 9.17) is 0 Å². The Morgan fingerprint density at radius 2 is 1.70 bits per heavy atom. The maximum atomic E-state index is 12.8. The molecule has 4 heteroatoms. The number of hydrogen-bond donors (Lipinski definition) is 0. The van der Waals surface area contributed by atoms with Gasteiger partial charge in [0.1, 0.15) is 0 Å². The summed E-state index contributed by atoms with van der Waals surface area (Å²) in [6, 6.07) is 0.868. The van der Waals surface area contributed by atoms with E-state index in [-0.39, 0.29) is 6.04 Å². The maximum Gasteiger partial charge on any atom is 0.239 e. The number of carbonyl (C=O) groups excluding carboxylic acids is 1. The van der Waals surface area contributed by atoms with E-state index in [0.29, 0.717) is 5.91 Å². The van der Waals surface area contributed by atoms with E-state index in [1.165, 1.54) is 44.9 Å². The average Bonchev–Trinajstić information content (AvgIpc) is 2.60. The van der Waals surface area contributed by atoms with Crippen LogP contribution in [-0.4, -0.2) is 73.0 Å². The number of likely N-dealkylation sites (tertiary alicyclic amines) is 1. The second-order valence-electron chi connectivity index (χ2n) is 7.58. The van der Waals surface area contributed by atoms with Gasteiger partial charge in [-0.1, -0.05) is 32.6 Å². The van der Waals surface area contributed by atoms with Crippen molar-refractivity contribution in [2.45, 2.75) is 76.8 Å². The first-order valence-electron chi connectivity index (χ1n) is 9.82. The Bertz CT molecular complexity index is 353. The van der Waals surface area contributed by atoms with Gasteiger partial charge in [-0.3, -0.25) is 9.69 Å². The number of nitrogens with zero attached hydrogens (tertiary/aromatic N) is 3. The summed E-state index contributed by atoms with van der Waals surface area (Å²) in [5.41, 5.74) is 0. The van der Waals surface area contributed by atoms with E-state index >= 15 is 0 Å². The summed E-state index contributed by atoms with van der Waals surface area (Å²) in [6.45, 7) is 6.24. The van der Waals surface area contributed by atoms with E-state index in [1.54, 1.807) is 0 Å². The number of amides is 1. The Morgan fingerprint density at radius 3 is 2.39 bits per heavy atom. The van der Waals surface area contributed by atoms with E-state index < -0.39 is 0 Å². The van der Waals surface area contributed by atoms with Gasteiger partial charge >= 0.3 is 0 Å². The van der Waals surface area contributed by atoms with Gasteiger partial charge in [0.05, 0.1) is 6.04 Å². The van der Waals surface area contributed by atoms with Crippen LogP contribution < -0.4 is 0 Å². The fourth-order valence-electron chi connectivity index (χ4n) is 4.20. The van der Waals surface area contributed by atoms with E-state index in [2.05, 4.69) is 23.8 Å². The highest BCUT2D eigenvalue weighted by atomic mass is 16.2. The second kappa shape index (κ2) is 9.63. The van der Waals surface area contributed by atoms with Crippen LogP contribution in [0.1, 0.15) is 64.7 Å². The largest absolute Gasteiger partial charge is 0.343 e. The monoisotopic (exact) mass is 323 g/mol. The summed E-state index contributed by atoms with van der Waals surface area (Å²) in [5.74, 6) is 0.343. The zero-order valence-electron chi connectivity index (χ0n) is 15.6. The maximum absolute atomic E-state index is 12.8. The minimum absolute atomic E-state index is 0.133. The molecule has 1 saturated heterocycles. The molecule has 2 aliphatic rings. The van der Waals surface area contributed by atoms with Gasteiger partial charge in [-0.2, -0.15) is 0 Å². The standard InChI is InChI=1S/C19H37N3O/c1-4-13-22-14-9-8-12-18(22)19(23)21(3)16-15-20(2)17-10-6-5-7-11-17/h17-18H,4-16H2,1-3H3. The fraction of sp³-hybridized carbons (Fsp3) is 0.947. The number of rotatable bonds is 7. The van der Waals surface area contributed by atoms with E-state index in [1.807, 2.05) is 11.9 Å². The highest BCUT2D eigenvalue weighted by molar-refractivity contribution is 5.81. The van der Waals surface area contributed by atoms with Crippen LogP contribution >= 0.6 is 0 Å². The SMILES string of the molecule is CCCN1CCCCC1C(=O)N(C)CCN(C)C1CCCCC1. The zero-order chi connectivity index (χ0) is 16.7. The first kappa shape index (κ1) is 18.7. The van der Waals surface area contributed by atoms with Gasteiger partial charge in [0.15, 0.2) is 0 Å². The van der Waals surface area contributed by atoms with Crippen molar-refractivity contribution in [2.75, 3.05) is 40.3 Å². The Labute approximate surface area is 143 Å². The van der Waals surface area contributed by atoms with E-state index in [9.17, 15) is 4.79 Å². The Kier molecular flexibility index (Phi) is 7.84. The lowest BCUT2D eigenvalue weighted by Gasteiger charge is -2.37. The van der Waals surface area contributed by atoms with Crippen LogP contribution in [0.15, 0.2) is 0 Å². The summed E-state index contributed by atoms with van der Waals surface area (Å²) in [7, 11) is 4.23. The molecule has 0 N–H and O–H groups in total. The van der Waals surface area contributed by atoms with Gasteiger partial charge in [-0.05, 0) is 52.2 Å². The third-order valence-electron chi connectivity index (χ3n) is 5.77. The quantitative estimate of drug-likeness (QED) is 0.721. The average molecular weight is 324 g/mol. The van der Waals surface area contributed by atoms with Gasteiger partial charge in [-0.25, -0.2) is 0 Å². The van der Waals surface area contributed by atoms with Gasteiger partial charge in [0.25, 0.3) is 0 Å². The molecule has 0 radical (unpaired) electrons. The first-order valence-corrected chi connectivity index (χ1v) is 9.82. The minimum Gasteiger partial charge on any atom is -0.343 e. The minimum atomic E-state index is 0.133. The molecule has 134 valence electrons. The summed E-state index contributed by atoms with van der Waals surface area (Å²) in [5, 5.41) is 0. The predicted octanol–water partition coefficient (Wildman–Crippen LogP) is 2.97. The van der Waals surface area contributed by atoms with Crippen molar-refractivity contribution in [3.05, 3.63) is 0 Å². The Morgan fingerprint density at radius 1 is 1.00 bits per heavy atom. The van der Waals surface area contributed by atoms with Gasteiger partial charge in [-0.15, -0.1) is 0 Å². The second-order valence-corrected chi connectivity index (χ2v) is 7.58. The lowest BCUT2D eigenvalue weighted by Crippen LogP contribution is -2.51. The molecule has 4 nitrogen and oxygen atoms in total. The molecule has 2 rings (SSSR count). The van der Waals surface area contributed by atoms with Crippen LogP contribution in [-0.2, 0) is 4.79 Å². The highest BCUT2D eigenvalue weighted by Crippen LogP contribution is 2.22. The molecule has 1 aliphatic carbocycles. The summed E-state index contributed by atoms with van der Waals surface area (Å²) in [6.07, 6.45) is 11.4. The third kappa shape index (κ3) is 5.46. The molecule has 0 aromatic heterocycles. The molecule has 1 saturated carbocycles. The Balaban J connectivity index is 1.79. The van der Waals surface area contributed by atoms with Crippen LogP contribution in [0.3, 0.4) is 0 Å². The van der Waals surface area contributed by atoms with Gasteiger partial charge in [0, 0.05) is 26.2 Å². The molecule has 0 aromatic rings. The number of piperidine rings is 1. The predicted molar refractivity (Wildman–Crippen MR) is 96.6 cm³/mol. The smallest absolute Gasteiger partial charge is 0.239 e. The number of carbonyl (C=O) groups is 1. The molecule has 23 heavy (non-hydrogen) atoms. The van der Waals surface area contributed by atoms with Crippen molar-refractivity contribution in [2.24, 2.45) is 0 Å². The van der Waals surface area contributed by atoms with Crippen molar-refractivity contribution in [3.8, 4) is 0 Å². The lowest BCUT2D eigenvalue weighted by molar-refractivity contribution is -0.137. The van der Waals surface area contributed by atoms with Crippen molar-refractivity contribution < 1.29 is 4.79 Å². The molecule has 1 aliphatic heterocycles. The number of likely N-dealkylation sites (N-methyl/N-ethyl adjacent to an activating group) is 2. The van der Waals surface area contributed by atoms with Gasteiger partial charge < -0.3 is 9.80 Å². The van der Waals surface area contributed by atoms with Gasteiger partial charge in [0.2, 0.25) is 5.91 Å². The molecule has 0 spiro atoms. The van der Waals surface area contributed by atoms with E-state index in [0.717, 1.165) is 45.1 Å². The summed E-state index contributed by atoms with van der Waals surface area (Å²) < 4.78 is 0. The molecule has 1 heterocycles. The van der Waals surface area contributed by atoms with Crippen LogP contribution in [0, 0.1) is 0 Å². The van der Waals surface area contributed by atoms with Crippen molar-refractivity contribution in [3.63, 3.8) is 0 Å². The summed E-state index contributed by atoms with van der Waals surface area (Å²) >= 11 is 0. The molecular formula is C19H37N3O. The van der Waals surface area contributed by atoms with Crippen molar-refractivity contribution in [1.82, 2.24) is 14.7 Å². The molecule has 0 bridgehead atoms. The lowest BCUT2D eigenvalue weighted by atomic mass is 9.94. The summed E-state index contributed by atoms with van der Waals surface area (Å²) in [4.78, 5) is 19.7. The van der Waals surface area contributed by atoms with Crippen LogP contribution in [0.2, 0.25) is 0 Å². The Hall–Kier alpha value is -0.610. The van der Waals surface area contributed by atoms with Crippen LogP contribution in [0.25, 0.3) is 0 Å².